The first-order valence-electron chi connectivity index (χ1n) is 47.6. The molecule has 8 aliphatic rings. The topological polar surface area (TPSA) is 148 Å². The van der Waals surface area contributed by atoms with E-state index in [0.717, 1.165) is 96.3 Å². The number of benzene rings is 8. The maximum Gasteiger partial charge on any atom is 0.432 e. The Morgan fingerprint density at radius 1 is 0.219 bits per heavy atom. The molecule has 0 spiro atoms. The Kier molecular flexibility index (Phi) is 39.3. The molecular weight excluding hydrogens is 2010 g/mol. The van der Waals surface area contributed by atoms with Crippen LogP contribution in [0.2, 0.25) is 0 Å². The smallest absolute Gasteiger partial charge is 0.429 e. The van der Waals surface area contributed by atoms with E-state index in [0.29, 0.717) is 98.6 Å². The molecule has 8 fully saturated rings. The standard InChI is InChI=1S/C27H29F7O4.C26H27F7O4.C25H25F7O4.C24H23F7O4/c1-2-3-4-5-15-6-7-23(35-12-15)17-13-36-26(37-14-17)16-8-19(28)24(20(29)9-16)27(33,34)38-18-10-21(30)25(32)22(31)11-18;1-2-3-4-14-5-6-22(34-11-14)16-12-35-25(36-13-16)15-7-18(27)23(19(28)8-15)26(32,33)37-17-9-20(29)24(31)21(30)10-17;1-2-3-13-4-5-21(33-10-13)15-11-34-24(35-12-15)14-6-17(26)22(18(27)7-14)25(31,32)36-16-8-19(28)23(30)20(29)9-16;1-2-12-3-4-20(32-9-12)14-10-33-23(34-11-14)13-5-16(25)21(17(26)6-13)24(30,31)35-15-7-18(27)22(29)19(28)8-15/h8-11,15,17,23,26H,2-7,12-14H2,1H3;7-10,14,16,22,25H,2-6,11-13H2,1H3;6-9,13,15,21,24H,2-5,10-12H2,1H3;5-8,12,14,20,23H,2-4,9-11H2,1H3. The summed E-state index contributed by atoms with van der Waals surface area (Å²) in [6, 6.07) is 5.98. The summed E-state index contributed by atoms with van der Waals surface area (Å²) in [6.07, 6.45) is -4.86. The summed E-state index contributed by atoms with van der Waals surface area (Å²) in [6.45, 7) is 12.7. The van der Waals surface area contributed by atoms with Crippen LogP contribution in [0.15, 0.2) is 97.1 Å². The summed E-state index contributed by atoms with van der Waals surface area (Å²) in [5, 5.41) is 0. The number of halogens is 28. The molecule has 44 heteroatoms. The molecule has 8 unspecified atom stereocenters. The van der Waals surface area contributed by atoms with Crippen LogP contribution in [0.3, 0.4) is 0 Å². The summed E-state index contributed by atoms with van der Waals surface area (Å²) < 4.78 is 477. The second-order valence-corrected chi connectivity index (χ2v) is 36.8. The third-order valence-corrected chi connectivity index (χ3v) is 26.2. The Balaban J connectivity index is 0.000000163. The summed E-state index contributed by atoms with van der Waals surface area (Å²) >= 11 is 0. The molecule has 0 aliphatic carbocycles. The SMILES string of the molecule is CCC1CCC(C2COC(c3cc(F)c(C(F)(F)Oc4cc(F)c(F)c(F)c4)c(F)c3)OC2)OC1.CCCC1CCC(C2COC(c3cc(F)c(C(F)(F)Oc4cc(F)c(F)c(F)c4)c(F)c3)OC2)OC1.CCCCC1CCC(C2COC(c3cc(F)c(C(F)(F)Oc4cc(F)c(F)c(F)c4)c(F)c3)OC2)OC1.CCCCCC1CCC(C2COC(c3cc(F)c(C(F)(F)Oc4cc(F)c(F)c(F)c4)c(F)c3)OC2)OC1. The van der Waals surface area contributed by atoms with Crippen molar-refractivity contribution in [2.24, 2.45) is 47.3 Å². The Labute approximate surface area is 820 Å². The molecule has 16 nitrogen and oxygen atoms in total. The quantitative estimate of drug-likeness (QED) is 0.0239. The maximum atomic E-state index is 14.7. The van der Waals surface area contributed by atoms with E-state index in [9.17, 15) is 123 Å². The fourth-order valence-corrected chi connectivity index (χ4v) is 18.3. The lowest BCUT2D eigenvalue weighted by molar-refractivity contribution is -0.228. The normalized spacial score (nSPS) is 24.9. The Hall–Kier alpha value is -9.48. The van der Waals surface area contributed by atoms with Gasteiger partial charge in [0.05, 0.1) is 77.3 Å². The van der Waals surface area contributed by atoms with E-state index in [-0.39, 0.29) is 172 Å². The van der Waals surface area contributed by atoms with E-state index >= 15 is 0 Å². The summed E-state index contributed by atoms with van der Waals surface area (Å²) in [5.74, 6) is -38.4. The second-order valence-electron chi connectivity index (χ2n) is 36.8. The van der Waals surface area contributed by atoms with Crippen molar-refractivity contribution in [1.29, 1.82) is 0 Å². The molecule has 0 amide bonds. The molecule has 146 heavy (non-hydrogen) atoms. The van der Waals surface area contributed by atoms with Crippen LogP contribution < -0.4 is 18.9 Å². The van der Waals surface area contributed by atoms with Crippen LogP contribution in [0.25, 0.3) is 0 Å². The van der Waals surface area contributed by atoms with Crippen LogP contribution in [-0.4, -0.2) is 104 Å². The molecule has 804 valence electrons. The van der Waals surface area contributed by atoms with E-state index in [4.69, 9.17) is 56.8 Å². The van der Waals surface area contributed by atoms with Gasteiger partial charge in [-0.25, -0.2) is 87.8 Å². The minimum absolute atomic E-state index is 0.0631. The minimum atomic E-state index is -4.67. The molecule has 0 saturated carbocycles. The molecular formula is C102H104F28O16. The monoisotopic (exact) mass is 2120 g/mol. The van der Waals surface area contributed by atoms with E-state index in [1.54, 1.807) is 0 Å². The average molecular weight is 2120 g/mol. The number of rotatable bonds is 30. The molecule has 0 bridgehead atoms. The first-order chi connectivity index (χ1) is 69.3. The van der Waals surface area contributed by atoms with Crippen molar-refractivity contribution in [3.05, 3.63) is 258 Å². The lowest BCUT2D eigenvalue weighted by atomic mass is 9.89. The highest BCUT2D eigenvalue weighted by Gasteiger charge is 2.49. The van der Waals surface area contributed by atoms with Gasteiger partial charge in [0.2, 0.25) is 0 Å². The highest BCUT2D eigenvalue weighted by molar-refractivity contribution is 5.37. The number of alkyl halides is 8. The van der Waals surface area contributed by atoms with E-state index in [1.165, 1.54) is 19.3 Å². The van der Waals surface area contributed by atoms with Crippen LogP contribution in [0.4, 0.5) is 123 Å². The van der Waals surface area contributed by atoms with Gasteiger partial charge in [0.15, 0.2) is 95.0 Å². The van der Waals surface area contributed by atoms with Crippen LogP contribution in [0, 0.1) is 164 Å². The van der Waals surface area contributed by atoms with Crippen molar-refractivity contribution in [2.75, 3.05) is 79.3 Å². The number of hydrogen-bond acceptors (Lipinski definition) is 16. The molecule has 8 atom stereocenters. The van der Waals surface area contributed by atoms with E-state index in [1.807, 2.05) is 0 Å². The van der Waals surface area contributed by atoms with Crippen LogP contribution >= 0.6 is 0 Å². The predicted octanol–water partition coefficient (Wildman–Crippen LogP) is 27.8. The van der Waals surface area contributed by atoms with Gasteiger partial charge in [0.1, 0.15) is 91.8 Å². The van der Waals surface area contributed by atoms with Crippen molar-refractivity contribution in [3.63, 3.8) is 0 Å². The molecule has 16 rings (SSSR count). The summed E-state index contributed by atoms with van der Waals surface area (Å²) in [7, 11) is 0. The van der Waals surface area contributed by atoms with Crippen molar-refractivity contribution in [3.8, 4) is 23.0 Å². The van der Waals surface area contributed by atoms with Crippen molar-refractivity contribution in [2.45, 2.75) is 217 Å². The number of hydrogen-bond donors (Lipinski definition) is 0. The number of ether oxygens (including phenoxy) is 16. The maximum absolute atomic E-state index is 14.7. The third-order valence-electron chi connectivity index (χ3n) is 26.2. The van der Waals surface area contributed by atoms with E-state index < -0.39 is 211 Å². The van der Waals surface area contributed by atoms with Crippen molar-refractivity contribution < 1.29 is 199 Å². The lowest BCUT2D eigenvalue weighted by Gasteiger charge is -2.38. The van der Waals surface area contributed by atoms with E-state index in [2.05, 4.69) is 46.6 Å². The highest BCUT2D eigenvalue weighted by Crippen LogP contribution is 2.47. The lowest BCUT2D eigenvalue weighted by Crippen LogP contribution is -2.40. The van der Waals surface area contributed by atoms with Crippen LogP contribution in [-0.2, 0) is 81.3 Å². The van der Waals surface area contributed by atoms with Crippen LogP contribution in [0.5, 0.6) is 23.0 Å². The van der Waals surface area contributed by atoms with Gasteiger partial charge < -0.3 is 75.8 Å². The third kappa shape index (κ3) is 28.8. The van der Waals surface area contributed by atoms with Gasteiger partial charge in [-0.05, 0) is 143 Å². The zero-order valence-corrected chi connectivity index (χ0v) is 78.8. The fraction of sp³-hybridized carbons (Fsp3) is 0.529. The Bertz CT molecular complexity index is 5470. The fourth-order valence-electron chi connectivity index (χ4n) is 18.3. The average Bonchev–Trinajstić information content (AvgIpc) is 0.784. The Morgan fingerprint density at radius 2 is 0.418 bits per heavy atom. The minimum Gasteiger partial charge on any atom is -0.429 e. The van der Waals surface area contributed by atoms with Crippen LogP contribution in [0.1, 0.15) is 213 Å². The molecule has 8 aliphatic heterocycles. The molecule has 0 radical (unpaired) electrons. The summed E-state index contributed by atoms with van der Waals surface area (Å²) in [5.41, 5.74) is -7.84. The molecule has 8 aromatic carbocycles. The molecule has 8 saturated heterocycles. The van der Waals surface area contributed by atoms with Gasteiger partial charge in [-0.1, -0.05) is 72.6 Å². The van der Waals surface area contributed by atoms with Gasteiger partial charge >= 0.3 is 24.4 Å². The molecule has 0 aromatic heterocycles. The van der Waals surface area contributed by atoms with Crippen molar-refractivity contribution >= 4 is 0 Å². The largest absolute Gasteiger partial charge is 0.432 e. The Morgan fingerprint density at radius 3 is 0.603 bits per heavy atom. The zero-order chi connectivity index (χ0) is 106. The van der Waals surface area contributed by atoms with Gasteiger partial charge in [0, 0.05) is 121 Å². The highest BCUT2D eigenvalue weighted by atomic mass is 19.3. The van der Waals surface area contributed by atoms with Gasteiger partial charge in [-0.2, -0.15) is 35.1 Å². The summed E-state index contributed by atoms with van der Waals surface area (Å²) in [4.78, 5) is 0. The molecule has 0 N–H and O–H groups in total. The van der Waals surface area contributed by atoms with Gasteiger partial charge in [0.25, 0.3) is 0 Å². The first-order valence-corrected chi connectivity index (χ1v) is 47.6. The predicted molar refractivity (Wildman–Crippen MR) is 460 cm³/mol. The van der Waals surface area contributed by atoms with Gasteiger partial charge in [-0.3, -0.25) is 0 Å². The van der Waals surface area contributed by atoms with Gasteiger partial charge in [-0.15, -0.1) is 0 Å². The molecule has 8 heterocycles. The first kappa shape index (κ1) is 114. The zero-order valence-electron chi connectivity index (χ0n) is 78.8. The molecule has 8 aromatic rings. The second kappa shape index (κ2) is 50.4. The van der Waals surface area contributed by atoms with Crippen molar-refractivity contribution in [1.82, 2.24) is 0 Å². The number of unbranched alkanes of at least 4 members (excludes halogenated alkanes) is 3.